The predicted octanol–water partition coefficient (Wildman–Crippen LogP) is 2.69. The maximum atomic E-state index is 12.5. The molecule has 0 spiro atoms. The minimum atomic E-state index is -3.72. The second-order valence-corrected chi connectivity index (χ2v) is 7.40. The molecule has 7 nitrogen and oxygen atoms in total. The summed E-state index contributed by atoms with van der Waals surface area (Å²) in [6.45, 7) is 1.94. The third-order valence-electron chi connectivity index (χ3n) is 3.57. The molecule has 0 aliphatic heterocycles. The van der Waals surface area contributed by atoms with Crippen molar-refractivity contribution in [2.75, 3.05) is 10.0 Å². The fourth-order valence-electron chi connectivity index (χ4n) is 2.45. The molecule has 1 amide bonds. The molecule has 0 aliphatic carbocycles. The van der Waals surface area contributed by atoms with Crippen LogP contribution in [0.25, 0.3) is 0 Å². The maximum absolute atomic E-state index is 12.5. The number of nitrogens with zero attached hydrogens (tertiary/aromatic N) is 2. The summed E-state index contributed by atoms with van der Waals surface area (Å²) in [7, 11) is -3.72. The number of aromatic nitrogens is 2. The number of benzene rings is 2. The van der Waals surface area contributed by atoms with Crippen LogP contribution in [0.5, 0.6) is 0 Å². The molecule has 134 valence electrons. The number of amides is 1. The van der Waals surface area contributed by atoms with E-state index in [0.29, 0.717) is 17.9 Å². The lowest BCUT2D eigenvalue weighted by Gasteiger charge is -2.10. The van der Waals surface area contributed by atoms with E-state index in [0.717, 1.165) is 5.56 Å². The van der Waals surface area contributed by atoms with Gasteiger partial charge in [-0.15, -0.1) is 0 Å². The van der Waals surface area contributed by atoms with Crippen molar-refractivity contribution in [3.63, 3.8) is 0 Å². The maximum Gasteiger partial charge on any atom is 0.261 e. The first-order valence-electron chi connectivity index (χ1n) is 7.89. The molecule has 26 heavy (non-hydrogen) atoms. The van der Waals surface area contributed by atoms with Crippen LogP contribution in [0.3, 0.4) is 0 Å². The number of rotatable bonds is 6. The molecule has 0 aliphatic rings. The Labute approximate surface area is 151 Å². The minimum Gasteiger partial charge on any atom is -0.326 e. The van der Waals surface area contributed by atoms with Gasteiger partial charge in [0.25, 0.3) is 10.0 Å². The van der Waals surface area contributed by atoms with Crippen molar-refractivity contribution < 1.29 is 13.2 Å². The van der Waals surface area contributed by atoms with Crippen molar-refractivity contribution in [1.29, 1.82) is 0 Å². The molecule has 0 saturated carbocycles. The fourth-order valence-corrected chi connectivity index (χ4v) is 3.50. The van der Waals surface area contributed by atoms with Gasteiger partial charge in [-0.2, -0.15) is 5.10 Å². The van der Waals surface area contributed by atoms with E-state index >= 15 is 0 Å². The average Bonchev–Trinajstić information content (AvgIpc) is 3.07. The van der Waals surface area contributed by atoms with Crippen molar-refractivity contribution in [2.24, 2.45) is 0 Å². The van der Waals surface area contributed by atoms with Gasteiger partial charge in [0.2, 0.25) is 5.91 Å². The predicted molar refractivity (Wildman–Crippen MR) is 99.3 cm³/mol. The van der Waals surface area contributed by atoms with E-state index in [1.807, 2.05) is 18.3 Å². The van der Waals surface area contributed by atoms with Crippen LogP contribution in [0, 0.1) is 0 Å². The zero-order chi connectivity index (χ0) is 18.6. The lowest BCUT2D eigenvalue weighted by molar-refractivity contribution is -0.114. The van der Waals surface area contributed by atoms with E-state index in [1.165, 1.54) is 19.1 Å². The van der Waals surface area contributed by atoms with Gasteiger partial charge < -0.3 is 5.32 Å². The molecular formula is C18H18N4O3S. The molecule has 0 bridgehead atoms. The van der Waals surface area contributed by atoms with Crippen molar-refractivity contribution in [3.05, 3.63) is 72.6 Å². The highest BCUT2D eigenvalue weighted by atomic mass is 32.2. The molecule has 2 aromatic carbocycles. The van der Waals surface area contributed by atoms with Crippen LogP contribution < -0.4 is 10.0 Å². The van der Waals surface area contributed by atoms with Crippen LogP contribution in [0.1, 0.15) is 12.5 Å². The molecule has 1 aromatic heterocycles. The third-order valence-corrected chi connectivity index (χ3v) is 4.97. The number of anilines is 2. The molecule has 3 rings (SSSR count). The van der Waals surface area contributed by atoms with Gasteiger partial charge in [0.05, 0.1) is 11.4 Å². The highest BCUT2D eigenvalue weighted by molar-refractivity contribution is 7.92. The van der Waals surface area contributed by atoms with Gasteiger partial charge >= 0.3 is 0 Å². The molecule has 8 heteroatoms. The summed E-state index contributed by atoms with van der Waals surface area (Å²) in [4.78, 5) is 11.1. The molecule has 2 N–H and O–H groups in total. The Morgan fingerprint density at radius 3 is 2.50 bits per heavy atom. The van der Waals surface area contributed by atoms with Gasteiger partial charge in [-0.3, -0.25) is 14.2 Å². The van der Waals surface area contributed by atoms with Crippen LogP contribution in [-0.2, 0) is 21.4 Å². The first kappa shape index (κ1) is 17.7. The SMILES string of the molecule is CC(=O)Nc1ccc(S(=O)(=O)Nc2cccc(Cn3cccn3)c2)cc1. The van der Waals surface area contributed by atoms with Gasteiger partial charge in [-0.05, 0) is 48.0 Å². The summed E-state index contributed by atoms with van der Waals surface area (Å²) in [6, 6.07) is 15.0. The van der Waals surface area contributed by atoms with Gasteiger partial charge in [0, 0.05) is 30.7 Å². The number of nitrogens with one attached hydrogen (secondary N) is 2. The molecule has 0 unspecified atom stereocenters. The standard InChI is InChI=1S/C18H18N4O3S/c1-14(23)20-16-6-8-18(9-7-16)26(24,25)21-17-5-2-4-15(12-17)13-22-11-3-10-19-22/h2-12,21H,13H2,1H3,(H,20,23). The highest BCUT2D eigenvalue weighted by Gasteiger charge is 2.14. The second kappa shape index (κ2) is 7.40. The largest absolute Gasteiger partial charge is 0.326 e. The number of hydrogen-bond donors (Lipinski definition) is 2. The Kier molecular flexibility index (Phi) is 5.04. The van der Waals surface area contributed by atoms with Gasteiger partial charge in [0.1, 0.15) is 0 Å². The van der Waals surface area contributed by atoms with Crippen LogP contribution >= 0.6 is 0 Å². The monoisotopic (exact) mass is 370 g/mol. The van der Waals surface area contributed by atoms with Crippen LogP contribution in [-0.4, -0.2) is 24.1 Å². The van der Waals surface area contributed by atoms with Crippen molar-refractivity contribution >= 4 is 27.3 Å². The van der Waals surface area contributed by atoms with Gasteiger partial charge in [-0.1, -0.05) is 12.1 Å². The van der Waals surface area contributed by atoms with Crippen molar-refractivity contribution in [3.8, 4) is 0 Å². The van der Waals surface area contributed by atoms with E-state index < -0.39 is 10.0 Å². The summed E-state index contributed by atoms with van der Waals surface area (Å²) in [5, 5.41) is 6.74. The molecule has 0 radical (unpaired) electrons. The van der Waals surface area contributed by atoms with Crippen LogP contribution in [0.4, 0.5) is 11.4 Å². The summed E-state index contributed by atoms with van der Waals surface area (Å²) >= 11 is 0. The highest BCUT2D eigenvalue weighted by Crippen LogP contribution is 2.19. The Morgan fingerprint density at radius 1 is 1.08 bits per heavy atom. The third kappa shape index (κ3) is 4.48. The summed E-state index contributed by atoms with van der Waals surface area (Å²) < 4.78 is 29.4. The molecule has 0 fully saturated rings. The van der Waals surface area contributed by atoms with Crippen molar-refractivity contribution in [1.82, 2.24) is 9.78 Å². The molecular weight excluding hydrogens is 352 g/mol. The molecule has 0 saturated heterocycles. The Morgan fingerprint density at radius 2 is 1.85 bits per heavy atom. The van der Waals surface area contributed by atoms with Crippen LogP contribution in [0.15, 0.2) is 71.9 Å². The van der Waals surface area contributed by atoms with Crippen LogP contribution in [0.2, 0.25) is 0 Å². The number of carbonyl (C=O) groups excluding carboxylic acids is 1. The first-order chi connectivity index (χ1) is 12.4. The summed E-state index contributed by atoms with van der Waals surface area (Å²) in [6.07, 6.45) is 3.53. The Hall–Kier alpha value is -3.13. The topological polar surface area (TPSA) is 93.1 Å². The lowest BCUT2D eigenvalue weighted by atomic mass is 10.2. The van der Waals surface area contributed by atoms with E-state index in [1.54, 1.807) is 41.2 Å². The van der Waals surface area contributed by atoms with Crippen molar-refractivity contribution in [2.45, 2.75) is 18.4 Å². The molecule has 1 heterocycles. The Bertz CT molecular complexity index is 997. The number of hydrogen-bond acceptors (Lipinski definition) is 4. The zero-order valence-electron chi connectivity index (χ0n) is 14.1. The number of sulfonamides is 1. The fraction of sp³-hybridized carbons (Fsp3) is 0.111. The number of carbonyl (C=O) groups is 1. The van der Waals surface area contributed by atoms with E-state index in [4.69, 9.17) is 0 Å². The zero-order valence-corrected chi connectivity index (χ0v) is 14.9. The minimum absolute atomic E-state index is 0.115. The first-order valence-corrected chi connectivity index (χ1v) is 9.37. The van der Waals surface area contributed by atoms with E-state index in [-0.39, 0.29) is 10.8 Å². The summed E-state index contributed by atoms with van der Waals surface area (Å²) in [5.74, 6) is -0.215. The van der Waals surface area contributed by atoms with Gasteiger partial charge in [-0.25, -0.2) is 8.42 Å². The van der Waals surface area contributed by atoms with E-state index in [9.17, 15) is 13.2 Å². The Balaban J connectivity index is 1.75. The average molecular weight is 370 g/mol. The van der Waals surface area contributed by atoms with E-state index in [2.05, 4.69) is 15.1 Å². The quantitative estimate of drug-likeness (QED) is 0.698. The molecule has 0 atom stereocenters. The normalized spacial score (nSPS) is 11.1. The lowest BCUT2D eigenvalue weighted by Crippen LogP contribution is -2.13. The smallest absolute Gasteiger partial charge is 0.261 e. The molecule has 3 aromatic rings. The van der Waals surface area contributed by atoms with Gasteiger partial charge in [0.15, 0.2) is 0 Å². The second-order valence-electron chi connectivity index (χ2n) is 5.72. The summed E-state index contributed by atoms with van der Waals surface area (Å²) in [5.41, 5.74) is 1.94.